The standard InChI is InChI=1S/C18H26F2N4O.HI/c1-2-22-18(24-9-3-4-13(12-24)10-17(21)25)23-8-7-14-5-6-15(19)11-16(14)20;/h5-6,11,13H,2-4,7-10,12H2,1H3,(H2,21,25)(H,22,23);1H. The molecule has 0 saturated carbocycles. The first-order chi connectivity index (χ1) is 12.0. The molecule has 1 amide bonds. The molecular formula is C18H27F2IN4O. The molecule has 1 unspecified atom stereocenters. The second-order valence-electron chi connectivity index (χ2n) is 6.35. The van der Waals surface area contributed by atoms with Crippen molar-refractivity contribution in [3.8, 4) is 0 Å². The Balaban J connectivity index is 0.00000338. The van der Waals surface area contributed by atoms with Crippen molar-refractivity contribution in [2.75, 3.05) is 26.2 Å². The van der Waals surface area contributed by atoms with E-state index in [-0.39, 0.29) is 35.8 Å². The van der Waals surface area contributed by atoms with Crippen LogP contribution in [0.25, 0.3) is 0 Å². The van der Waals surface area contributed by atoms with Crippen LogP contribution < -0.4 is 11.1 Å². The van der Waals surface area contributed by atoms with Crippen molar-refractivity contribution in [3.63, 3.8) is 0 Å². The van der Waals surface area contributed by atoms with E-state index in [0.29, 0.717) is 24.9 Å². The minimum atomic E-state index is -0.577. The van der Waals surface area contributed by atoms with Gasteiger partial charge in [0.25, 0.3) is 0 Å². The molecule has 1 aromatic rings. The molecule has 26 heavy (non-hydrogen) atoms. The molecule has 2 rings (SSSR count). The number of rotatable bonds is 6. The number of amides is 1. The van der Waals surface area contributed by atoms with Crippen molar-refractivity contribution in [2.45, 2.75) is 32.6 Å². The monoisotopic (exact) mass is 480 g/mol. The number of halogens is 3. The number of likely N-dealkylation sites (tertiary alicyclic amines) is 1. The van der Waals surface area contributed by atoms with E-state index in [0.717, 1.165) is 44.5 Å². The lowest BCUT2D eigenvalue weighted by molar-refractivity contribution is -0.119. The lowest BCUT2D eigenvalue weighted by Gasteiger charge is -2.34. The van der Waals surface area contributed by atoms with Crippen LogP contribution in [0.4, 0.5) is 8.78 Å². The number of nitrogens with zero attached hydrogens (tertiary/aromatic N) is 2. The summed E-state index contributed by atoms with van der Waals surface area (Å²) in [5, 5.41) is 3.24. The molecule has 5 nitrogen and oxygen atoms in total. The Labute approximate surface area is 170 Å². The molecule has 1 atom stereocenters. The number of nitrogens with one attached hydrogen (secondary N) is 1. The van der Waals surface area contributed by atoms with Gasteiger partial charge in [0.05, 0.1) is 0 Å². The molecule has 0 aromatic heterocycles. The quantitative estimate of drug-likeness (QED) is 0.374. The highest BCUT2D eigenvalue weighted by Gasteiger charge is 2.23. The first-order valence-corrected chi connectivity index (χ1v) is 8.75. The molecule has 0 spiro atoms. The maximum atomic E-state index is 13.7. The minimum Gasteiger partial charge on any atom is -0.370 e. The van der Waals surface area contributed by atoms with E-state index in [1.165, 1.54) is 12.1 Å². The van der Waals surface area contributed by atoms with Gasteiger partial charge in [0, 0.05) is 38.7 Å². The van der Waals surface area contributed by atoms with Crippen LogP contribution in [0.2, 0.25) is 0 Å². The highest BCUT2D eigenvalue weighted by Crippen LogP contribution is 2.19. The summed E-state index contributed by atoms with van der Waals surface area (Å²) >= 11 is 0. The molecule has 0 aliphatic carbocycles. The summed E-state index contributed by atoms with van der Waals surface area (Å²) in [5.74, 6) is -0.393. The van der Waals surface area contributed by atoms with Crippen LogP contribution in [-0.2, 0) is 11.2 Å². The van der Waals surface area contributed by atoms with Crippen molar-refractivity contribution in [1.29, 1.82) is 0 Å². The molecule has 1 fully saturated rings. The van der Waals surface area contributed by atoms with Crippen LogP contribution in [0.15, 0.2) is 23.2 Å². The molecule has 0 radical (unpaired) electrons. The van der Waals surface area contributed by atoms with Crippen molar-refractivity contribution >= 4 is 35.8 Å². The van der Waals surface area contributed by atoms with Gasteiger partial charge >= 0.3 is 0 Å². The largest absolute Gasteiger partial charge is 0.370 e. The van der Waals surface area contributed by atoms with E-state index in [1.807, 2.05) is 6.92 Å². The number of carbonyl (C=O) groups is 1. The zero-order valence-corrected chi connectivity index (χ0v) is 17.3. The summed E-state index contributed by atoms with van der Waals surface area (Å²) in [6.07, 6.45) is 2.75. The SMILES string of the molecule is CCNC(=NCCc1ccc(F)cc1F)N1CCCC(CC(N)=O)C1.I. The predicted octanol–water partition coefficient (Wildman–Crippen LogP) is 2.68. The Bertz CT molecular complexity index is 627. The van der Waals surface area contributed by atoms with Gasteiger partial charge in [-0.2, -0.15) is 0 Å². The topological polar surface area (TPSA) is 70.7 Å². The number of carbonyl (C=O) groups excluding carboxylic acids is 1. The van der Waals surface area contributed by atoms with E-state index in [4.69, 9.17) is 5.73 Å². The molecule has 146 valence electrons. The Kier molecular flexibility index (Phi) is 9.82. The Hall–Kier alpha value is -1.45. The van der Waals surface area contributed by atoms with E-state index >= 15 is 0 Å². The third kappa shape index (κ3) is 7.05. The first-order valence-electron chi connectivity index (χ1n) is 8.75. The fourth-order valence-corrected chi connectivity index (χ4v) is 3.14. The molecule has 8 heteroatoms. The van der Waals surface area contributed by atoms with Crippen LogP contribution in [0.1, 0.15) is 31.7 Å². The van der Waals surface area contributed by atoms with Gasteiger partial charge in [-0.25, -0.2) is 8.78 Å². The van der Waals surface area contributed by atoms with Gasteiger partial charge in [-0.05, 0) is 43.7 Å². The maximum Gasteiger partial charge on any atom is 0.217 e. The number of guanidine groups is 1. The highest BCUT2D eigenvalue weighted by molar-refractivity contribution is 14.0. The number of nitrogens with two attached hydrogens (primary N) is 1. The second-order valence-corrected chi connectivity index (χ2v) is 6.35. The van der Waals surface area contributed by atoms with Crippen LogP contribution in [0.3, 0.4) is 0 Å². The first kappa shape index (κ1) is 22.6. The van der Waals surface area contributed by atoms with Gasteiger partial charge in [-0.3, -0.25) is 9.79 Å². The van der Waals surface area contributed by atoms with Gasteiger partial charge < -0.3 is 16.0 Å². The normalized spacial score (nSPS) is 17.6. The van der Waals surface area contributed by atoms with E-state index in [2.05, 4.69) is 15.2 Å². The lowest BCUT2D eigenvalue weighted by Crippen LogP contribution is -2.47. The fraction of sp³-hybridized carbons (Fsp3) is 0.556. The number of primary amides is 1. The van der Waals surface area contributed by atoms with E-state index in [1.54, 1.807) is 0 Å². The van der Waals surface area contributed by atoms with Crippen LogP contribution in [0.5, 0.6) is 0 Å². The Morgan fingerprint density at radius 2 is 2.19 bits per heavy atom. The number of hydrogen-bond acceptors (Lipinski definition) is 2. The molecule has 3 N–H and O–H groups in total. The maximum absolute atomic E-state index is 13.7. The number of hydrogen-bond donors (Lipinski definition) is 2. The molecule has 0 bridgehead atoms. The summed E-state index contributed by atoms with van der Waals surface area (Å²) in [5.41, 5.74) is 5.76. The second kappa shape index (κ2) is 11.3. The summed E-state index contributed by atoms with van der Waals surface area (Å²) in [7, 11) is 0. The molecule has 1 aliphatic heterocycles. The summed E-state index contributed by atoms with van der Waals surface area (Å²) in [6.45, 7) is 4.72. The van der Waals surface area contributed by atoms with Crippen LogP contribution >= 0.6 is 24.0 Å². The van der Waals surface area contributed by atoms with Gasteiger partial charge in [0.2, 0.25) is 5.91 Å². The van der Waals surface area contributed by atoms with Gasteiger partial charge in [-0.1, -0.05) is 6.07 Å². The molecule has 1 saturated heterocycles. The highest BCUT2D eigenvalue weighted by atomic mass is 127. The van der Waals surface area contributed by atoms with Gasteiger partial charge in [0.1, 0.15) is 11.6 Å². The van der Waals surface area contributed by atoms with Crippen molar-refractivity contribution < 1.29 is 13.6 Å². The van der Waals surface area contributed by atoms with E-state index < -0.39 is 11.6 Å². The average molecular weight is 480 g/mol. The molecule has 1 aromatic carbocycles. The molecular weight excluding hydrogens is 453 g/mol. The molecule has 1 aliphatic rings. The predicted molar refractivity (Wildman–Crippen MR) is 110 cm³/mol. The smallest absolute Gasteiger partial charge is 0.217 e. The van der Waals surface area contributed by atoms with Crippen LogP contribution in [0, 0.1) is 17.6 Å². The van der Waals surface area contributed by atoms with Crippen molar-refractivity contribution in [3.05, 3.63) is 35.4 Å². The van der Waals surface area contributed by atoms with Crippen LogP contribution in [-0.4, -0.2) is 42.9 Å². The van der Waals surface area contributed by atoms with Crippen molar-refractivity contribution in [2.24, 2.45) is 16.6 Å². The van der Waals surface area contributed by atoms with Crippen molar-refractivity contribution in [1.82, 2.24) is 10.2 Å². The fourth-order valence-electron chi connectivity index (χ4n) is 3.14. The van der Waals surface area contributed by atoms with E-state index in [9.17, 15) is 13.6 Å². The Morgan fingerprint density at radius 1 is 1.42 bits per heavy atom. The summed E-state index contributed by atoms with van der Waals surface area (Å²) in [6, 6.07) is 3.60. The zero-order chi connectivity index (χ0) is 18.2. The van der Waals surface area contributed by atoms with Gasteiger partial charge in [-0.15, -0.1) is 24.0 Å². The Morgan fingerprint density at radius 3 is 2.85 bits per heavy atom. The molecule has 1 heterocycles. The number of benzene rings is 1. The third-order valence-corrected chi connectivity index (χ3v) is 4.30. The lowest BCUT2D eigenvalue weighted by atomic mass is 9.95. The summed E-state index contributed by atoms with van der Waals surface area (Å²) < 4.78 is 26.6. The summed E-state index contributed by atoms with van der Waals surface area (Å²) in [4.78, 5) is 17.8. The van der Waals surface area contributed by atoms with Gasteiger partial charge in [0.15, 0.2) is 5.96 Å². The number of aliphatic imine (C=N–C) groups is 1. The zero-order valence-electron chi connectivity index (χ0n) is 15.0. The number of piperidine rings is 1. The average Bonchev–Trinajstić information content (AvgIpc) is 2.55. The minimum absolute atomic E-state index is 0. The third-order valence-electron chi connectivity index (χ3n) is 4.30.